The third-order valence-corrected chi connectivity index (χ3v) is 4.35. The Bertz CT molecular complexity index is 905. The molecule has 1 atom stereocenters. The van der Waals surface area contributed by atoms with Gasteiger partial charge < -0.3 is 14.2 Å². The van der Waals surface area contributed by atoms with Gasteiger partial charge in [0.1, 0.15) is 19.0 Å². The SMILES string of the molecule is C=C(C)C(=O)OCCOc1ccc(N=Nc2ccc(C(=O)OC[C@@H](C)CC)cc2)cc1. The maximum absolute atomic E-state index is 12.0. The van der Waals surface area contributed by atoms with Crippen LogP contribution >= 0.6 is 0 Å². The molecule has 2 aromatic carbocycles. The van der Waals surface area contributed by atoms with Gasteiger partial charge >= 0.3 is 11.9 Å². The topological polar surface area (TPSA) is 86.5 Å². The molecule has 164 valence electrons. The van der Waals surface area contributed by atoms with Crippen LogP contribution in [0.3, 0.4) is 0 Å². The number of carbonyl (C=O) groups is 2. The van der Waals surface area contributed by atoms with Gasteiger partial charge in [0.15, 0.2) is 0 Å². The molecule has 0 radical (unpaired) electrons. The van der Waals surface area contributed by atoms with Gasteiger partial charge in [0.05, 0.1) is 23.5 Å². The van der Waals surface area contributed by atoms with Crippen LogP contribution in [0, 0.1) is 5.92 Å². The van der Waals surface area contributed by atoms with Crippen molar-refractivity contribution in [3.8, 4) is 5.75 Å². The summed E-state index contributed by atoms with van der Waals surface area (Å²) in [5, 5.41) is 8.35. The molecule has 7 nitrogen and oxygen atoms in total. The zero-order valence-electron chi connectivity index (χ0n) is 18.2. The average molecular weight is 424 g/mol. The van der Waals surface area contributed by atoms with Crippen LogP contribution in [0.5, 0.6) is 5.75 Å². The summed E-state index contributed by atoms with van der Waals surface area (Å²) in [4.78, 5) is 23.3. The van der Waals surface area contributed by atoms with Gasteiger partial charge in [-0.1, -0.05) is 26.8 Å². The van der Waals surface area contributed by atoms with Crippen LogP contribution in [-0.4, -0.2) is 31.8 Å². The summed E-state index contributed by atoms with van der Waals surface area (Å²) in [6.45, 7) is 10.0. The van der Waals surface area contributed by atoms with E-state index in [0.29, 0.717) is 40.8 Å². The molecule has 0 aliphatic rings. The van der Waals surface area contributed by atoms with Crippen molar-refractivity contribution in [3.63, 3.8) is 0 Å². The summed E-state index contributed by atoms with van der Waals surface area (Å²) < 4.78 is 15.8. The summed E-state index contributed by atoms with van der Waals surface area (Å²) in [5.74, 6) is 0.197. The molecule has 0 amide bonds. The van der Waals surface area contributed by atoms with Crippen molar-refractivity contribution in [2.45, 2.75) is 27.2 Å². The van der Waals surface area contributed by atoms with Crippen LogP contribution < -0.4 is 4.74 Å². The third kappa shape index (κ3) is 8.42. The van der Waals surface area contributed by atoms with Crippen LogP contribution in [0.1, 0.15) is 37.6 Å². The van der Waals surface area contributed by atoms with Crippen LogP contribution in [0.25, 0.3) is 0 Å². The Morgan fingerprint density at radius 3 is 2.06 bits per heavy atom. The van der Waals surface area contributed by atoms with Crippen molar-refractivity contribution in [3.05, 3.63) is 66.2 Å². The molecule has 0 bridgehead atoms. The first-order chi connectivity index (χ1) is 14.9. The fraction of sp³-hybridized carbons (Fsp3) is 0.333. The highest BCUT2D eigenvalue weighted by Gasteiger charge is 2.09. The lowest BCUT2D eigenvalue weighted by molar-refractivity contribution is -0.139. The highest BCUT2D eigenvalue weighted by atomic mass is 16.6. The quantitative estimate of drug-likeness (QED) is 0.197. The van der Waals surface area contributed by atoms with Crippen molar-refractivity contribution >= 4 is 23.3 Å². The minimum Gasteiger partial charge on any atom is -0.490 e. The number of hydrogen-bond donors (Lipinski definition) is 0. The number of nitrogens with zero attached hydrogens (tertiary/aromatic N) is 2. The molecule has 2 rings (SSSR count). The third-order valence-electron chi connectivity index (χ3n) is 4.35. The molecule has 0 saturated carbocycles. The minimum absolute atomic E-state index is 0.147. The van der Waals surface area contributed by atoms with E-state index in [9.17, 15) is 9.59 Å². The highest BCUT2D eigenvalue weighted by Crippen LogP contribution is 2.22. The van der Waals surface area contributed by atoms with Crippen LogP contribution in [0.15, 0.2) is 70.9 Å². The summed E-state index contributed by atoms with van der Waals surface area (Å²) >= 11 is 0. The summed E-state index contributed by atoms with van der Waals surface area (Å²) in [6, 6.07) is 13.8. The predicted molar refractivity (Wildman–Crippen MR) is 118 cm³/mol. The molecule has 0 spiro atoms. The van der Waals surface area contributed by atoms with E-state index in [1.165, 1.54) is 0 Å². The molecule has 0 fully saturated rings. The van der Waals surface area contributed by atoms with Crippen molar-refractivity contribution in [2.75, 3.05) is 19.8 Å². The highest BCUT2D eigenvalue weighted by molar-refractivity contribution is 5.89. The van der Waals surface area contributed by atoms with Crippen molar-refractivity contribution < 1.29 is 23.8 Å². The summed E-state index contributed by atoms with van der Waals surface area (Å²) in [6.07, 6.45) is 0.963. The number of rotatable bonds is 11. The molecule has 0 unspecified atom stereocenters. The minimum atomic E-state index is -0.435. The van der Waals surface area contributed by atoms with Crippen molar-refractivity contribution in [1.82, 2.24) is 0 Å². The van der Waals surface area contributed by atoms with E-state index in [4.69, 9.17) is 14.2 Å². The molecule has 7 heteroatoms. The Morgan fingerprint density at radius 2 is 1.52 bits per heavy atom. The Labute approximate surface area is 182 Å². The van der Waals surface area contributed by atoms with E-state index in [2.05, 4.69) is 23.7 Å². The second-order valence-electron chi connectivity index (χ2n) is 7.12. The van der Waals surface area contributed by atoms with E-state index in [0.717, 1.165) is 6.42 Å². The van der Waals surface area contributed by atoms with Gasteiger partial charge in [-0.25, -0.2) is 9.59 Å². The second-order valence-corrected chi connectivity index (χ2v) is 7.12. The summed E-state index contributed by atoms with van der Waals surface area (Å²) in [5.41, 5.74) is 2.11. The van der Waals surface area contributed by atoms with Crippen molar-refractivity contribution in [1.29, 1.82) is 0 Å². The molecule has 31 heavy (non-hydrogen) atoms. The Balaban J connectivity index is 1.82. The predicted octanol–water partition coefficient (Wildman–Crippen LogP) is 5.80. The number of azo groups is 1. The number of hydrogen-bond acceptors (Lipinski definition) is 7. The van der Waals surface area contributed by atoms with Crippen molar-refractivity contribution in [2.24, 2.45) is 16.1 Å². The molecular weight excluding hydrogens is 396 g/mol. The first kappa shape index (κ1) is 23.8. The number of carbonyl (C=O) groups excluding carboxylic acids is 2. The first-order valence-corrected chi connectivity index (χ1v) is 10.1. The smallest absolute Gasteiger partial charge is 0.338 e. The summed E-state index contributed by atoms with van der Waals surface area (Å²) in [7, 11) is 0. The average Bonchev–Trinajstić information content (AvgIpc) is 2.79. The molecule has 0 N–H and O–H groups in total. The maximum atomic E-state index is 12.0. The Kier molecular flexibility index (Phi) is 9.42. The van der Waals surface area contributed by atoms with E-state index < -0.39 is 5.97 Å². The van der Waals surface area contributed by atoms with Crippen LogP contribution in [0.4, 0.5) is 11.4 Å². The molecule has 0 heterocycles. The monoisotopic (exact) mass is 424 g/mol. The van der Waals surface area contributed by atoms with Gasteiger partial charge in [0.25, 0.3) is 0 Å². The fourth-order valence-electron chi connectivity index (χ4n) is 2.22. The molecule has 0 saturated heterocycles. The second kappa shape index (κ2) is 12.3. The fourth-order valence-corrected chi connectivity index (χ4v) is 2.22. The van der Waals surface area contributed by atoms with E-state index in [1.807, 2.05) is 6.92 Å². The number of benzene rings is 2. The largest absolute Gasteiger partial charge is 0.490 e. The van der Waals surface area contributed by atoms with E-state index >= 15 is 0 Å². The normalized spacial score (nSPS) is 11.7. The van der Waals surface area contributed by atoms with Crippen LogP contribution in [-0.2, 0) is 14.3 Å². The standard InChI is InChI=1S/C24H28N2O5/c1-5-18(4)16-31-24(28)19-6-8-20(9-7-19)25-26-21-10-12-22(13-11-21)29-14-15-30-23(27)17(2)3/h6-13,18H,2,5,14-16H2,1,3-4H3/t18-/m0/s1. The molecule has 0 aliphatic carbocycles. The lowest BCUT2D eigenvalue weighted by atomic mass is 10.1. The Morgan fingerprint density at radius 1 is 0.935 bits per heavy atom. The zero-order chi connectivity index (χ0) is 22.6. The van der Waals surface area contributed by atoms with Gasteiger partial charge in [-0.05, 0) is 61.4 Å². The Hall–Kier alpha value is -3.48. The molecular formula is C24H28N2O5. The lowest BCUT2D eigenvalue weighted by Gasteiger charge is -2.09. The number of ether oxygens (including phenoxy) is 3. The zero-order valence-corrected chi connectivity index (χ0v) is 18.2. The lowest BCUT2D eigenvalue weighted by Crippen LogP contribution is -2.12. The van der Waals surface area contributed by atoms with E-state index in [1.54, 1.807) is 55.5 Å². The van der Waals surface area contributed by atoms with Gasteiger partial charge in [0.2, 0.25) is 0 Å². The van der Waals surface area contributed by atoms with Gasteiger partial charge in [-0.15, -0.1) is 0 Å². The van der Waals surface area contributed by atoms with Gasteiger partial charge in [0, 0.05) is 5.57 Å². The van der Waals surface area contributed by atoms with Crippen LogP contribution in [0.2, 0.25) is 0 Å². The molecule has 0 aromatic heterocycles. The molecule has 2 aromatic rings. The van der Waals surface area contributed by atoms with Gasteiger partial charge in [-0.2, -0.15) is 10.2 Å². The first-order valence-electron chi connectivity index (χ1n) is 10.1. The van der Waals surface area contributed by atoms with Gasteiger partial charge in [-0.3, -0.25) is 0 Å². The molecule has 0 aliphatic heterocycles. The number of esters is 2. The van der Waals surface area contributed by atoms with E-state index in [-0.39, 0.29) is 19.2 Å². The maximum Gasteiger partial charge on any atom is 0.338 e.